The quantitative estimate of drug-likeness (QED) is 0.320. The molecule has 1 atom stereocenters. The Morgan fingerprint density at radius 2 is 2.00 bits per heavy atom. The highest BCUT2D eigenvalue weighted by atomic mass is 16.5. The molecule has 144 valence electrons. The average molecular weight is 367 g/mol. The lowest BCUT2D eigenvalue weighted by Crippen LogP contribution is -2.55. The summed E-state index contributed by atoms with van der Waals surface area (Å²) in [5.74, 6) is -0.643. The molecule has 1 aromatic rings. The fourth-order valence-corrected chi connectivity index (χ4v) is 2.97. The largest absolute Gasteiger partial charge is 0.449 e. The van der Waals surface area contributed by atoms with E-state index >= 15 is 0 Å². The molecule has 1 aromatic carbocycles. The summed E-state index contributed by atoms with van der Waals surface area (Å²) in [6, 6.07) is 9.73. The zero-order chi connectivity index (χ0) is 19.5. The van der Waals surface area contributed by atoms with Crippen LogP contribution in [-0.2, 0) is 9.53 Å². The lowest BCUT2D eigenvalue weighted by atomic mass is 10.1. The topological polar surface area (TPSA) is 50.4 Å². The molecule has 1 aliphatic rings. The van der Waals surface area contributed by atoms with Gasteiger partial charge in [-0.2, -0.15) is 0 Å². The van der Waals surface area contributed by atoms with Gasteiger partial charge >= 0.3 is 0 Å². The number of rotatable bonds is 12. The van der Waals surface area contributed by atoms with Crippen LogP contribution in [0.15, 0.2) is 73.2 Å². The number of ketones is 1. The molecule has 0 fully saturated rings. The monoisotopic (exact) mass is 366 g/mol. The highest BCUT2D eigenvalue weighted by molar-refractivity contribution is 6.05. The summed E-state index contributed by atoms with van der Waals surface area (Å²) < 4.78 is 6.12. The van der Waals surface area contributed by atoms with Crippen LogP contribution in [0.5, 0.6) is 0 Å². The first-order valence-corrected chi connectivity index (χ1v) is 9.58. The molecule has 4 heteroatoms. The Kier molecular flexibility index (Phi) is 8.08. The molecule has 0 aromatic heterocycles. The summed E-state index contributed by atoms with van der Waals surface area (Å²) in [6.07, 6.45) is 11.3. The first-order valence-electron chi connectivity index (χ1n) is 9.58. The van der Waals surface area contributed by atoms with E-state index in [-0.39, 0.29) is 5.78 Å². The van der Waals surface area contributed by atoms with E-state index in [0.717, 1.165) is 37.1 Å². The molecule has 2 N–H and O–H groups in total. The predicted molar refractivity (Wildman–Crippen MR) is 112 cm³/mol. The van der Waals surface area contributed by atoms with Gasteiger partial charge in [-0.05, 0) is 18.1 Å². The third kappa shape index (κ3) is 5.97. The molecule has 1 aliphatic heterocycles. The summed E-state index contributed by atoms with van der Waals surface area (Å²) in [5.41, 5.74) is 1.72. The van der Waals surface area contributed by atoms with E-state index in [4.69, 9.17) is 4.74 Å². The molecule has 0 aliphatic carbocycles. The minimum Gasteiger partial charge on any atom is -0.449 e. The molecule has 2 rings (SSSR count). The second-order valence-corrected chi connectivity index (χ2v) is 6.59. The van der Waals surface area contributed by atoms with Gasteiger partial charge in [0.15, 0.2) is 5.76 Å². The highest BCUT2D eigenvalue weighted by Gasteiger charge is 2.40. The SMILES string of the molecule is C=CCC1=C(C(=O)C=Cc2ccccc2)OC(CC=C)(NCCCCC)N1. The van der Waals surface area contributed by atoms with Gasteiger partial charge in [-0.3, -0.25) is 10.1 Å². The van der Waals surface area contributed by atoms with Crippen LogP contribution in [-0.4, -0.2) is 18.2 Å². The van der Waals surface area contributed by atoms with Crippen LogP contribution < -0.4 is 10.6 Å². The fourth-order valence-electron chi connectivity index (χ4n) is 2.97. The Balaban J connectivity index is 2.14. The van der Waals surface area contributed by atoms with E-state index in [1.54, 1.807) is 24.3 Å². The van der Waals surface area contributed by atoms with E-state index < -0.39 is 5.85 Å². The number of carbonyl (C=O) groups excluding carboxylic acids is 1. The molecule has 0 saturated heterocycles. The normalized spacial score (nSPS) is 19.0. The molecule has 0 amide bonds. The van der Waals surface area contributed by atoms with Crippen molar-refractivity contribution < 1.29 is 9.53 Å². The number of allylic oxidation sites excluding steroid dienone is 2. The van der Waals surface area contributed by atoms with Gasteiger partial charge in [-0.1, -0.05) is 68.3 Å². The van der Waals surface area contributed by atoms with Gasteiger partial charge < -0.3 is 10.1 Å². The van der Waals surface area contributed by atoms with Crippen molar-refractivity contribution in [1.82, 2.24) is 10.6 Å². The van der Waals surface area contributed by atoms with Gasteiger partial charge in [0, 0.05) is 19.4 Å². The second kappa shape index (κ2) is 10.5. The Labute approximate surface area is 162 Å². The van der Waals surface area contributed by atoms with Crippen molar-refractivity contribution in [3.63, 3.8) is 0 Å². The van der Waals surface area contributed by atoms with Crippen LogP contribution in [0.3, 0.4) is 0 Å². The summed E-state index contributed by atoms with van der Waals surface area (Å²) in [4.78, 5) is 12.8. The summed E-state index contributed by atoms with van der Waals surface area (Å²) in [7, 11) is 0. The zero-order valence-corrected chi connectivity index (χ0v) is 16.2. The zero-order valence-electron chi connectivity index (χ0n) is 16.2. The summed E-state index contributed by atoms with van der Waals surface area (Å²) >= 11 is 0. The predicted octanol–water partition coefficient (Wildman–Crippen LogP) is 4.69. The van der Waals surface area contributed by atoms with E-state index in [1.807, 2.05) is 30.3 Å². The Bertz CT molecular complexity index is 706. The number of hydrogen-bond donors (Lipinski definition) is 2. The number of ether oxygens (including phenoxy) is 1. The van der Waals surface area contributed by atoms with Crippen molar-refractivity contribution in [2.75, 3.05) is 6.54 Å². The van der Waals surface area contributed by atoms with Crippen molar-refractivity contribution in [1.29, 1.82) is 0 Å². The number of hydrogen-bond acceptors (Lipinski definition) is 4. The smallest absolute Gasteiger partial charge is 0.242 e. The van der Waals surface area contributed by atoms with E-state index in [0.29, 0.717) is 18.6 Å². The van der Waals surface area contributed by atoms with Gasteiger partial charge in [0.1, 0.15) is 0 Å². The van der Waals surface area contributed by atoms with Crippen LogP contribution in [0.2, 0.25) is 0 Å². The Hall–Kier alpha value is -2.59. The van der Waals surface area contributed by atoms with Crippen LogP contribution in [0.25, 0.3) is 6.08 Å². The lowest BCUT2D eigenvalue weighted by molar-refractivity contribution is -0.118. The van der Waals surface area contributed by atoms with Gasteiger partial charge in [0.25, 0.3) is 0 Å². The fraction of sp³-hybridized carbons (Fsp3) is 0.348. The number of carbonyl (C=O) groups is 1. The minimum absolute atomic E-state index is 0.163. The van der Waals surface area contributed by atoms with E-state index in [9.17, 15) is 4.79 Å². The average Bonchev–Trinajstić information content (AvgIpc) is 3.03. The summed E-state index contributed by atoms with van der Waals surface area (Å²) in [5, 5.41) is 6.78. The van der Waals surface area contributed by atoms with Gasteiger partial charge in [0.05, 0.1) is 5.70 Å². The van der Waals surface area contributed by atoms with Crippen molar-refractivity contribution in [2.45, 2.75) is 44.9 Å². The van der Waals surface area contributed by atoms with Crippen molar-refractivity contribution in [3.8, 4) is 0 Å². The number of benzene rings is 1. The van der Waals surface area contributed by atoms with E-state index in [1.165, 1.54) is 0 Å². The molecule has 1 heterocycles. The third-order valence-electron chi connectivity index (χ3n) is 4.32. The van der Waals surface area contributed by atoms with E-state index in [2.05, 4.69) is 30.7 Å². The molecular weight excluding hydrogens is 336 g/mol. The molecular formula is C23H30N2O2. The highest BCUT2D eigenvalue weighted by Crippen LogP contribution is 2.28. The molecule has 0 saturated carbocycles. The first kappa shape index (κ1) is 20.7. The first-order chi connectivity index (χ1) is 13.1. The Morgan fingerprint density at radius 1 is 1.22 bits per heavy atom. The molecule has 0 spiro atoms. The van der Waals surface area contributed by atoms with Gasteiger partial charge in [-0.15, -0.1) is 13.2 Å². The summed E-state index contributed by atoms with van der Waals surface area (Å²) in [6.45, 7) is 10.6. The number of nitrogens with one attached hydrogen (secondary N) is 2. The van der Waals surface area contributed by atoms with Crippen LogP contribution in [0.4, 0.5) is 0 Å². The van der Waals surface area contributed by atoms with Crippen LogP contribution in [0.1, 0.15) is 44.6 Å². The molecule has 27 heavy (non-hydrogen) atoms. The van der Waals surface area contributed by atoms with Gasteiger partial charge in [0.2, 0.25) is 11.6 Å². The Morgan fingerprint density at radius 3 is 2.67 bits per heavy atom. The van der Waals surface area contributed by atoms with Crippen molar-refractivity contribution in [2.24, 2.45) is 0 Å². The maximum absolute atomic E-state index is 12.8. The van der Waals surface area contributed by atoms with Crippen molar-refractivity contribution >= 4 is 11.9 Å². The van der Waals surface area contributed by atoms with Crippen molar-refractivity contribution in [3.05, 3.63) is 78.7 Å². The van der Waals surface area contributed by atoms with Crippen LogP contribution in [0, 0.1) is 0 Å². The minimum atomic E-state index is -0.820. The standard InChI is InChI=1S/C23H30N2O2/c1-4-7-11-18-24-23(17-6-3)25-20(12-5-2)22(27-23)21(26)16-15-19-13-9-8-10-14-19/h5-6,8-10,13-16,24-25H,2-4,7,11-12,17-18H2,1H3. The second-order valence-electron chi connectivity index (χ2n) is 6.59. The lowest BCUT2D eigenvalue weighted by Gasteiger charge is -2.30. The maximum atomic E-state index is 12.8. The molecule has 0 bridgehead atoms. The number of unbranched alkanes of at least 4 members (excludes halogenated alkanes) is 2. The van der Waals surface area contributed by atoms with Crippen LogP contribution >= 0.6 is 0 Å². The van der Waals surface area contributed by atoms with Gasteiger partial charge in [-0.25, -0.2) is 0 Å². The maximum Gasteiger partial charge on any atom is 0.242 e. The molecule has 1 unspecified atom stereocenters. The third-order valence-corrected chi connectivity index (χ3v) is 4.32. The molecule has 4 nitrogen and oxygen atoms in total. The molecule has 0 radical (unpaired) electrons.